The highest BCUT2D eigenvalue weighted by atomic mass is 32.2. The van der Waals surface area contributed by atoms with E-state index < -0.39 is 5.97 Å². The first kappa shape index (κ1) is 11.3. The number of aromatic amines is 1. The molecule has 0 radical (unpaired) electrons. The predicted octanol–water partition coefficient (Wildman–Crippen LogP) is 0.0206. The molecule has 0 bridgehead atoms. The number of aromatic nitrogens is 5. The second-order valence-corrected chi connectivity index (χ2v) is 3.96. The number of carboxylic acid groups (broad SMARTS) is 1. The molecule has 0 aliphatic rings. The van der Waals surface area contributed by atoms with Crippen LogP contribution in [0.2, 0.25) is 0 Å². The third kappa shape index (κ3) is 2.91. The van der Waals surface area contributed by atoms with Crippen LogP contribution in [0.4, 0.5) is 5.95 Å². The van der Waals surface area contributed by atoms with Crippen LogP contribution in [0.25, 0.3) is 11.4 Å². The van der Waals surface area contributed by atoms with Crippen molar-refractivity contribution in [2.24, 2.45) is 0 Å². The Hall–Kier alpha value is -2.16. The van der Waals surface area contributed by atoms with E-state index in [1.807, 2.05) is 0 Å². The maximum Gasteiger partial charge on any atom is 0.313 e. The number of nitrogens with one attached hydrogen (secondary N) is 1. The summed E-state index contributed by atoms with van der Waals surface area (Å²) in [4.78, 5) is 20.9. The third-order valence-corrected chi connectivity index (χ3v) is 2.59. The fourth-order valence-corrected chi connectivity index (χ4v) is 1.56. The lowest BCUT2D eigenvalue weighted by atomic mass is 10.3. The number of nitrogens with two attached hydrogens (primary N) is 1. The highest BCUT2D eigenvalue weighted by Crippen LogP contribution is 2.17. The molecule has 8 nitrogen and oxygen atoms in total. The Kier molecular flexibility index (Phi) is 3.19. The van der Waals surface area contributed by atoms with Gasteiger partial charge in [-0.2, -0.15) is 0 Å². The SMILES string of the molecule is Nc1ncc(-c2nnc(SCC(=O)O)[nH]2)cn1. The number of anilines is 1. The Morgan fingerprint density at radius 3 is 2.76 bits per heavy atom. The first-order valence-corrected chi connectivity index (χ1v) is 5.49. The van der Waals surface area contributed by atoms with Gasteiger partial charge in [-0.1, -0.05) is 11.8 Å². The van der Waals surface area contributed by atoms with Crippen molar-refractivity contribution in [2.75, 3.05) is 11.5 Å². The van der Waals surface area contributed by atoms with Gasteiger partial charge in [0.1, 0.15) is 0 Å². The van der Waals surface area contributed by atoms with Crippen LogP contribution in [0.15, 0.2) is 17.6 Å². The second kappa shape index (κ2) is 4.78. The van der Waals surface area contributed by atoms with Gasteiger partial charge in [-0.25, -0.2) is 9.97 Å². The van der Waals surface area contributed by atoms with E-state index in [4.69, 9.17) is 10.8 Å². The molecule has 0 aromatic carbocycles. The third-order valence-electron chi connectivity index (χ3n) is 1.74. The molecule has 17 heavy (non-hydrogen) atoms. The lowest BCUT2D eigenvalue weighted by Gasteiger charge is -1.94. The number of nitrogens with zero attached hydrogens (tertiary/aromatic N) is 4. The molecule has 0 aliphatic heterocycles. The molecular weight excluding hydrogens is 244 g/mol. The predicted molar refractivity (Wildman–Crippen MR) is 60.2 cm³/mol. The van der Waals surface area contributed by atoms with Gasteiger partial charge in [-0.3, -0.25) is 4.79 Å². The fraction of sp³-hybridized carbons (Fsp3) is 0.125. The lowest BCUT2D eigenvalue weighted by Crippen LogP contribution is -1.97. The van der Waals surface area contributed by atoms with Crippen LogP contribution in [0.3, 0.4) is 0 Å². The Bertz CT molecular complexity index is 525. The van der Waals surface area contributed by atoms with Gasteiger partial charge in [0.2, 0.25) is 5.95 Å². The molecule has 0 fully saturated rings. The number of aliphatic carboxylic acids is 1. The van der Waals surface area contributed by atoms with E-state index in [-0.39, 0.29) is 11.7 Å². The van der Waals surface area contributed by atoms with Gasteiger partial charge in [0, 0.05) is 12.4 Å². The quantitative estimate of drug-likeness (QED) is 0.649. The van der Waals surface area contributed by atoms with Crippen LogP contribution in [-0.2, 0) is 4.79 Å². The van der Waals surface area contributed by atoms with Crippen LogP contribution in [0.5, 0.6) is 0 Å². The molecule has 88 valence electrons. The van der Waals surface area contributed by atoms with Crippen molar-refractivity contribution in [2.45, 2.75) is 5.16 Å². The minimum Gasteiger partial charge on any atom is -0.481 e. The van der Waals surface area contributed by atoms with Crippen LogP contribution in [0.1, 0.15) is 0 Å². The van der Waals surface area contributed by atoms with Gasteiger partial charge in [-0.15, -0.1) is 10.2 Å². The summed E-state index contributed by atoms with van der Waals surface area (Å²) in [6.07, 6.45) is 3.02. The number of hydrogen-bond acceptors (Lipinski definition) is 7. The Labute approximate surface area is 99.7 Å². The molecule has 0 atom stereocenters. The van der Waals surface area contributed by atoms with Gasteiger partial charge in [-0.05, 0) is 0 Å². The van der Waals surface area contributed by atoms with Crippen molar-refractivity contribution in [1.82, 2.24) is 25.1 Å². The molecule has 0 saturated heterocycles. The van der Waals surface area contributed by atoms with Crippen molar-refractivity contribution < 1.29 is 9.90 Å². The highest BCUT2D eigenvalue weighted by Gasteiger charge is 2.08. The molecule has 2 aromatic heterocycles. The number of nitrogen functional groups attached to an aromatic ring is 1. The number of rotatable bonds is 4. The van der Waals surface area contributed by atoms with Crippen LogP contribution < -0.4 is 5.73 Å². The first-order valence-electron chi connectivity index (χ1n) is 4.50. The van der Waals surface area contributed by atoms with E-state index in [1.165, 1.54) is 12.4 Å². The lowest BCUT2D eigenvalue weighted by molar-refractivity contribution is -0.133. The van der Waals surface area contributed by atoms with Crippen LogP contribution in [-0.4, -0.2) is 42.0 Å². The molecule has 2 rings (SSSR count). The number of carbonyl (C=O) groups is 1. The molecule has 0 aliphatic carbocycles. The van der Waals surface area contributed by atoms with Crippen molar-refractivity contribution >= 4 is 23.7 Å². The minimum atomic E-state index is -0.913. The molecule has 2 aromatic rings. The molecule has 2 heterocycles. The van der Waals surface area contributed by atoms with E-state index in [9.17, 15) is 4.79 Å². The maximum absolute atomic E-state index is 10.4. The number of carboxylic acids is 1. The zero-order valence-corrected chi connectivity index (χ0v) is 9.31. The monoisotopic (exact) mass is 252 g/mol. The van der Waals surface area contributed by atoms with Gasteiger partial charge in [0.25, 0.3) is 0 Å². The fourth-order valence-electron chi connectivity index (χ4n) is 1.03. The molecular formula is C8H8N6O2S. The second-order valence-electron chi connectivity index (χ2n) is 2.99. The Morgan fingerprint density at radius 1 is 1.41 bits per heavy atom. The standard InChI is InChI=1S/C8H8N6O2S/c9-7-10-1-4(2-11-7)6-12-8(14-13-6)17-3-5(15)16/h1-2H,3H2,(H,15,16)(H2,9,10,11)(H,12,13,14). The average Bonchev–Trinajstić information content (AvgIpc) is 2.76. The summed E-state index contributed by atoms with van der Waals surface area (Å²) in [5.41, 5.74) is 5.99. The topological polar surface area (TPSA) is 131 Å². The summed E-state index contributed by atoms with van der Waals surface area (Å²) in [6.45, 7) is 0. The van der Waals surface area contributed by atoms with E-state index >= 15 is 0 Å². The van der Waals surface area contributed by atoms with Gasteiger partial charge < -0.3 is 15.8 Å². The minimum absolute atomic E-state index is 0.0765. The summed E-state index contributed by atoms with van der Waals surface area (Å²) in [7, 11) is 0. The zero-order valence-electron chi connectivity index (χ0n) is 8.49. The van der Waals surface area contributed by atoms with Crippen LogP contribution in [0, 0.1) is 0 Å². The summed E-state index contributed by atoms with van der Waals surface area (Å²) >= 11 is 1.05. The van der Waals surface area contributed by atoms with Gasteiger partial charge in [0.15, 0.2) is 11.0 Å². The van der Waals surface area contributed by atoms with E-state index in [0.29, 0.717) is 16.5 Å². The molecule has 4 N–H and O–H groups in total. The smallest absolute Gasteiger partial charge is 0.313 e. The van der Waals surface area contributed by atoms with Crippen molar-refractivity contribution in [1.29, 1.82) is 0 Å². The molecule has 0 spiro atoms. The normalized spacial score (nSPS) is 10.4. The number of hydrogen-bond donors (Lipinski definition) is 3. The van der Waals surface area contributed by atoms with Gasteiger partial charge >= 0.3 is 5.97 Å². The maximum atomic E-state index is 10.4. The van der Waals surface area contributed by atoms with E-state index in [0.717, 1.165) is 11.8 Å². The summed E-state index contributed by atoms with van der Waals surface area (Å²) in [6, 6.07) is 0. The summed E-state index contributed by atoms with van der Waals surface area (Å²) < 4.78 is 0. The molecule has 0 amide bonds. The average molecular weight is 252 g/mol. The Morgan fingerprint density at radius 2 is 2.12 bits per heavy atom. The van der Waals surface area contributed by atoms with Crippen LogP contribution >= 0.6 is 11.8 Å². The van der Waals surface area contributed by atoms with Crippen molar-refractivity contribution in [3.8, 4) is 11.4 Å². The number of thioether (sulfide) groups is 1. The number of H-pyrrole nitrogens is 1. The Balaban J connectivity index is 2.12. The zero-order chi connectivity index (χ0) is 12.3. The van der Waals surface area contributed by atoms with Crippen molar-refractivity contribution in [3.05, 3.63) is 12.4 Å². The molecule has 0 unspecified atom stereocenters. The molecule has 9 heteroatoms. The first-order chi connectivity index (χ1) is 8.15. The van der Waals surface area contributed by atoms with E-state index in [1.54, 1.807) is 0 Å². The largest absolute Gasteiger partial charge is 0.481 e. The van der Waals surface area contributed by atoms with Crippen molar-refractivity contribution in [3.63, 3.8) is 0 Å². The highest BCUT2D eigenvalue weighted by molar-refractivity contribution is 7.99. The summed E-state index contributed by atoms with van der Waals surface area (Å²) in [5.74, 6) is -0.345. The van der Waals surface area contributed by atoms with E-state index in [2.05, 4.69) is 25.1 Å². The molecule has 0 saturated carbocycles. The summed E-state index contributed by atoms with van der Waals surface area (Å²) in [5, 5.41) is 16.6. The van der Waals surface area contributed by atoms with Gasteiger partial charge in [0.05, 0.1) is 11.3 Å².